The maximum atomic E-state index is 5.38. The van der Waals surface area contributed by atoms with Crippen molar-refractivity contribution in [1.82, 2.24) is 10.2 Å². The van der Waals surface area contributed by atoms with Gasteiger partial charge in [0.15, 0.2) is 0 Å². The molecule has 1 rings (SSSR count). The Morgan fingerprint density at radius 2 is 2.43 bits per heavy atom. The summed E-state index contributed by atoms with van der Waals surface area (Å²) < 4.78 is 5.38. The Labute approximate surface area is 87.1 Å². The van der Waals surface area contributed by atoms with Crippen molar-refractivity contribution in [2.75, 3.05) is 40.3 Å². The molecule has 1 N–H and O–H groups in total. The maximum absolute atomic E-state index is 5.38. The lowest BCUT2D eigenvalue weighted by Gasteiger charge is -2.32. The number of hydrogen-bond acceptors (Lipinski definition) is 3. The first-order chi connectivity index (χ1) is 6.76. The number of piperidine rings is 1. The molecule has 0 aliphatic carbocycles. The van der Waals surface area contributed by atoms with Crippen LogP contribution in [0.4, 0.5) is 0 Å². The zero-order valence-electron chi connectivity index (χ0n) is 9.38. The number of hydrogen-bond donors (Lipinski definition) is 1. The highest BCUT2D eigenvalue weighted by molar-refractivity contribution is 5.00. The van der Waals surface area contributed by atoms with Crippen LogP contribution in [0.2, 0.25) is 0 Å². The largest absolute Gasteiger partial charge is 0.380 e. The Morgan fingerprint density at radius 1 is 1.64 bits per heavy atom. The number of likely N-dealkylation sites (tertiary alicyclic amines) is 1. The van der Waals surface area contributed by atoms with E-state index in [0.717, 1.165) is 19.6 Å². The van der Waals surface area contributed by atoms with E-state index in [1.165, 1.54) is 25.0 Å². The molecule has 0 aromatic carbocycles. The summed E-state index contributed by atoms with van der Waals surface area (Å²) in [5, 5.41) is 3.12. The minimum absolute atomic E-state index is 0.422. The quantitative estimate of drug-likeness (QED) is 0.664. The van der Waals surface area contributed by atoms with E-state index in [9.17, 15) is 0 Å². The van der Waals surface area contributed by atoms with Crippen molar-refractivity contribution in [1.29, 1.82) is 0 Å². The van der Waals surface area contributed by atoms with E-state index in [1.54, 1.807) is 7.11 Å². The average Bonchev–Trinajstić information content (AvgIpc) is 2.18. The molecule has 0 bridgehead atoms. The van der Waals surface area contributed by atoms with E-state index in [0.29, 0.717) is 6.10 Å². The van der Waals surface area contributed by atoms with Gasteiger partial charge in [0.1, 0.15) is 0 Å². The Balaban J connectivity index is 2.26. The molecule has 1 fully saturated rings. The van der Waals surface area contributed by atoms with Crippen molar-refractivity contribution in [2.45, 2.75) is 18.9 Å². The van der Waals surface area contributed by atoms with Gasteiger partial charge in [0.25, 0.3) is 0 Å². The van der Waals surface area contributed by atoms with Crippen LogP contribution in [0.1, 0.15) is 12.8 Å². The minimum atomic E-state index is 0.422. The summed E-state index contributed by atoms with van der Waals surface area (Å²) in [6.45, 7) is 8.19. The molecule has 1 heterocycles. The summed E-state index contributed by atoms with van der Waals surface area (Å²) in [7, 11) is 3.76. The second-order valence-electron chi connectivity index (χ2n) is 4.02. The molecule has 0 radical (unpaired) electrons. The Bertz CT molecular complexity index is 182. The van der Waals surface area contributed by atoms with Crippen LogP contribution in [-0.2, 0) is 4.74 Å². The molecule has 3 heteroatoms. The Kier molecular flexibility index (Phi) is 5.15. The van der Waals surface area contributed by atoms with Crippen LogP contribution in [0.25, 0.3) is 0 Å². The Morgan fingerprint density at radius 3 is 3.07 bits per heavy atom. The second-order valence-corrected chi connectivity index (χ2v) is 4.02. The van der Waals surface area contributed by atoms with Gasteiger partial charge in [-0.15, -0.1) is 0 Å². The van der Waals surface area contributed by atoms with E-state index < -0.39 is 0 Å². The summed E-state index contributed by atoms with van der Waals surface area (Å²) in [6.07, 6.45) is 2.86. The third kappa shape index (κ3) is 3.78. The van der Waals surface area contributed by atoms with Crippen LogP contribution in [0.5, 0.6) is 0 Å². The number of likely N-dealkylation sites (N-methyl/N-ethyl adjacent to an activating group) is 1. The van der Waals surface area contributed by atoms with Gasteiger partial charge in [0, 0.05) is 26.7 Å². The van der Waals surface area contributed by atoms with Gasteiger partial charge in [-0.1, -0.05) is 6.58 Å². The van der Waals surface area contributed by atoms with Crippen molar-refractivity contribution >= 4 is 0 Å². The molecule has 0 aromatic heterocycles. The molecule has 1 saturated heterocycles. The van der Waals surface area contributed by atoms with Gasteiger partial charge in [0.05, 0.1) is 6.10 Å². The lowest BCUT2D eigenvalue weighted by molar-refractivity contribution is 0.0347. The van der Waals surface area contributed by atoms with Crippen molar-refractivity contribution < 1.29 is 4.74 Å². The van der Waals surface area contributed by atoms with Gasteiger partial charge >= 0.3 is 0 Å². The van der Waals surface area contributed by atoms with Crippen LogP contribution in [0.3, 0.4) is 0 Å². The van der Waals surface area contributed by atoms with Crippen LogP contribution in [-0.4, -0.2) is 51.3 Å². The summed E-state index contributed by atoms with van der Waals surface area (Å²) >= 11 is 0. The molecule has 1 aliphatic heterocycles. The lowest BCUT2D eigenvalue weighted by atomic mass is 10.1. The molecule has 0 spiro atoms. The molecule has 14 heavy (non-hydrogen) atoms. The van der Waals surface area contributed by atoms with Crippen molar-refractivity contribution in [3.8, 4) is 0 Å². The third-order valence-corrected chi connectivity index (χ3v) is 2.67. The van der Waals surface area contributed by atoms with Gasteiger partial charge in [-0.2, -0.15) is 0 Å². The molecule has 1 atom stereocenters. The molecule has 0 saturated carbocycles. The van der Waals surface area contributed by atoms with Crippen LogP contribution in [0.15, 0.2) is 12.2 Å². The predicted octanol–water partition coefficient (Wildman–Crippen LogP) is 0.873. The first-order valence-electron chi connectivity index (χ1n) is 5.32. The topological polar surface area (TPSA) is 24.5 Å². The normalized spacial score (nSPS) is 23.7. The zero-order valence-corrected chi connectivity index (χ0v) is 9.38. The van der Waals surface area contributed by atoms with E-state index in [-0.39, 0.29) is 0 Å². The summed E-state index contributed by atoms with van der Waals surface area (Å²) in [5.41, 5.74) is 1.25. The molecule has 82 valence electrons. The maximum Gasteiger partial charge on any atom is 0.0698 e. The first kappa shape index (κ1) is 11.7. The first-order valence-corrected chi connectivity index (χ1v) is 5.32. The van der Waals surface area contributed by atoms with Crippen LogP contribution in [0, 0.1) is 0 Å². The number of nitrogens with zero attached hydrogens (tertiary/aromatic N) is 1. The van der Waals surface area contributed by atoms with Gasteiger partial charge < -0.3 is 10.1 Å². The molecule has 0 aromatic rings. The molecule has 1 unspecified atom stereocenters. The highest BCUT2D eigenvalue weighted by Gasteiger charge is 2.19. The third-order valence-electron chi connectivity index (χ3n) is 2.67. The number of rotatable bonds is 5. The van der Waals surface area contributed by atoms with Crippen LogP contribution >= 0.6 is 0 Å². The van der Waals surface area contributed by atoms with Crippen LogP contribution < -0.4 is 5.32 Å². The van der Waals surface area contributed by atoms with Gasteiger partial charge in [-0.25, -0.2) is 0 Å². The fourth-order valence-electron chi connectivity index (χ4n) is 1.97. The van der Waals surface area contributed by atoms with Crippen molar-refractivity contribution in [2.24, 2.45) is 0 Å². The number of nitrogens with one attached hydrogen (secondary N) is 1. The van der Waals surface area contributed by atoms with E-state index >= 15 is 0 Å². The molecular formula is C11H22N2O. The van der Waals surface area contributed by atoms with Gasteiger partial charge in [0.2, 0.25) is 0 Å². The second kappa shape index (κ2) is 6.17. The van der Waals surface area contributed by atoms with E-state index in [1.807, 2.05) is 7.05 Å². The monoisotopic (exact) mass is 198 g/mol. The highest BCUT2D eigenvalue weighted by atomic mass is 16.5. The van der Waals surface area contributed by atoms with Gasteiger partial charge in [-0.3, -0.25) is 4.90 Å². The summed E-state index contributed by atoms with van der Waals surface area (Å²) in [6, 6.07) is 0. The predicted molar refractivity (Wildman–Crippen MR) is 59.5 cm³/mol. The lowest BCUT2D eigenvalue weighted by Crippen LogP contribution is -2.40. The Hall–Kier alpha value is -0.380. The summed E-state index contributed by atoms with van der Waals surface area (Å²) in [5.74, 6) is 0. The SMILES string of the molecule is C=C(CNC)CN1CCCC(OC)C1. The number of ether oxygens (including phenoxy) is 1. The standard InChI is InChI=1S/C11H22N2O/c1-10(7-12-2)8-13-6-4-5-11(9-13)14-3/h11-12H,1,4-9H2,2-3H3. The van der Waals surface area contributed by atoms with E-state index in [2.05, 4.69) is 16.8 Å². The van der Waals surface area contributed by atoms with E-state index in [4.69, 9.17) is 4.74 Å². The minimum Gasteiger partial charge on any atom is -0.380 e. The summed E-state index contributed by atoms with van der Waals surface area (Å²) in [4.78, 5) is 2.43. The van der Waals surface area contributed by atoms with Crippen molar-refractivity contribution in [3.63, 3.8) is 0 Å². The molecule has 0 amide bonds. The fraction of sp³-hybridized carbons (Fsp3) is 0.818. The van der Waals surface area contributed by atoms with Gasteiger partial charge in [-0.05, 0) is 32.0 Å². The average molecular weight is 198 g/mol. The zero-order chi connectivity index (χ0) is 10.4. The van der Waals surface area contributed by atoms with Crippen molar-refractivity contribution in [3.05, 3.63) is 12.2 Å². The molecule has 3 nitrogen and oxygen atoms in total. The fourth-order valence-corrected chi connectivity index (χ4v) is 1.97. The molecule has 1 aliphatic rings. The number of methoxy groups -OCH3 is 1. The smallest absolute Gasteiger partial charge is 0.0698 e. The highest BCUT2D eigenvalue weighted by Crippen LogP contribution is 2.13. The molecular weight excluding hydrogens is 176 g/mol.